The zero-order valence-electron chi connectivity index (χ0n) is 26.6. The van der Waals surface area contributed by atoms with Crippen LogP contribution in [0.5, 0.6) is 0 Å². The zero-order chi connectivity index (χ0) is 33.2. The molecule has 0 saturated carbocycles. The first kappa shape index (κ1) is 37.3. The Morgan fingerprint density at radius 1 is 0.886 bits per heavy atom. The Hall–Kier alpha value is -2.88. The number of likely N-dealkylation sites (N-methyl/N-ethyl adjacent to an activating group) is 1. The molecule has 0 heterocycles. The van der Waals surface area contributed by atoms with Gasteiger partial charge in [0.1, 0.15) is 0 Å². The number of nitrogens with one attached hydrogen (secondary N) is 2. The number of aliphatic hydroxyl groups is 1. The molecule has 44 heavy (non-hydrogen) atoms. The highest BCUT2D eigenvalue weighted by atomic mass is 32.2. The van der Waals surface area contributed by atoms with Crippen LogP contribution in [0.3, 0.4) is 0 Å². The lowest BCUT2D eigenvalue weighted by atomic mass is 10.00. The van der Waals surface area contributed by atoms with Gasteiger partial charge in [-0.25, -0.2) is 26.1 Å². The summed E-state index contributed by atoms with van der Waals surface area (Å²) in [6, 6.07) is 12.1. The van der Waals surface area contributed by atoms with E-state index in [4.69, 9.17) is 0 Å². The molecule has 246 valence electrons. The highest BCUT2D eigenvalue weighted by Gasteiger charge is 2.28. The zero-order valence-corrected chi connectivity index (χ0v) is 28.3. The minimum absolute atomic E-state index is 0.0583. The lowest BCUT2D eigenvalue weighted by Crippen LogP contribution is -2.52. The van der Waals surface area contributed by atoms with Gasteiger partial charge in [-0.15, -0.1) is 4.83 Å². The lowest BCUT2D eigenvalue weighted by molar-refractivity contribution is 0.0687. The van der Waals surface area contributed by atoms with Crippen LogP contribution in [0.15, 0.2) is 53.4 Å². The van der Waals surface area contributed by atoms with E-state index >= 15 is 0 Å². The normalized spacial score (nSPS) is 13.7. The smallest absolute Gasteiger partial charge is 0.253 e. The van der Waals surface area contributed by atoms with E-state index in [2.05, 4.69) is 10.1 Å². The van der Waals surface area contributed by atoms with Gasteiger partial charge < -0.3 is 15.3 Å². The number of hydrogen-bond donors (Lipinski definition) is 3. The van der Waals surface area contributed by atoms with Gasteiger partial charge in [0, 0.05) is 51.9 Å². The first-order valence-electron chi connectivity index (χ1n) is 14.7. The summed E-state index contributed by atoms with van der Waals surface area (Å²) in [5.41, 5.74) is 0.795. The average molecular weight is 654 g/mol. The van der Waals surface area contributed by atoms with Crippen molar-refractivity contribution in [3.63, 3.8) is 0 Å². The number of aliphatic hydroxyl groups excluding tert-OH is 1. The van der Waals surface area contributed by atoms with E-state index in [0.29, 0.717) is 25.9 Å². The largest absolute Gasteiger partial charge is 0.390 e. The minimum atomic E-state index is -4.01. The van der Waals surface area contributed by atoms with E-state index in [1.54, 1.807) is 4.90 Å². The van der Waals surface area contributed by atoms with E-state index in [9.17, 15) is 31.5 Å². The van der Waals surface area contributed by atoms with E-state index < -0.39 is 49.3 Å². The molecule has 0 saturated heterocycles. The Morgan fingerprint density at radius 3 is 1.98 bits per heavy atom. The van der Waals surface area contributed by atoms with Crippen LogP contribution in [0, 0.1) is 0 Å². The first-order chi connectivity index (χ1) is 20.5. The van der Waals surface area contributed by atoms with Gasteiger partial charge in [0.2, 0.25) is 20.0 Å². The van der Waals surface area contributed by atoms with Gasteiger partial charge in [-0.3, -0.25) is 9.59 Å². The molecule has 14 heteroatoms. The quantitative estimate of drug-likeness (QED) is 0.219. The van der Waals surface area contributed by atoms with Gasteiger partial charge in [-0.2, -0.15) is 0 Å². The molecule has 3 N–H and O–H groups in total. The number of hydrogen-bond acceptors (Lipinski definition) is 8. The van der Waals surface area contributed by atoms with Crippen LogP contribution in [-0.2, 0) is 26.5 Å². The maximum Gasteiger partial charge on any atom is 0.253 e. The van der Waals surface area contributed by atoms with Crippen LogP contribution in [0.2, 0.25) is 0 Å². The highest BCUT2D eigenvalue weighted by molar-refractivity contribution is 7.90. The average Bonchev–Trinajstić information content (AvgIpc) is 2.96. The molecule has 2 rings (SSSR count). The molecule has 2 aromatic rings. The van der Waals surface area contributed by atoms with Crippen molar-refractivity contribution in [2.24, 2.45) is 0 Å². The summed E-state index contributed by atoms with van der Waals surface area (Å²) in [7, 11) is -3.49. The Kier molecular flexibility index (Phi) is 13.9. The second kappa shape index (κ2) is 16.4. The van der Waals surface area contributed by atoms with Crippen LogP contribution < -0.4 is 10.1 Å². The molecular formula is C30H47N5O7S2. The summed E-state index contributed by atoms with van der Waals surface area (Å²) in [5, 5.41) is 14.5. The van der Waals surface area contributed by atoms with Gasteiger partial charge in [0.15, 0.2) is 0 Å². The van der Waals surface area contributed by atoms with Crippen molar-refractivity contribution in [1.29, 1.82) is 0 Å². The van der Waals surface area contributed by atoms with E-state index in [0.717, 1.165) is 9.87 Å². The predicted molar refractivity (Wildman–Crippen MR) is 171 cm³/mol. The van der Waals surface area contributed by atoms with Crippen LogP contribution >= 0.6 is 0 Å². The fourth-order valence-corrected chi connectivity index (χ4v) is 6.11. The second-order valence-electron chi connectivity index (χ2n) is 11.2. The molecule has 0 aliphatic rings. The number of hydrazine groups is 1. The van der Waals surface area contributed by atoms with Crippen LogP contribution in [-0.4, -0.2) is 106 Å². The van der Waals surface area contributed by atoms with Crippen molar-refractivity contribution in [2.45, 2.75) is 69.2 Å². The van der Waals surface area contributed by atoms with Gasteiger partial charge >= 0.3 is 0 Å². The van der Waals surface area contributed by atoms with E-state index in [1.165, 1.54) is 58.2 Å². The molecule has 2 atom stereocenters. The summed E-state index contributed by atoms with van der Waals surface area (Å²) < 4.78 is 51.9. The minimum Gasteiger partial charge on any atom is -0.390 e. The van der Waals surface area contributed by atoms with Crippen molar-refractivity contribution in [3.8, 4) is 0 Å². The maximum atomic E-state index is 13.7. The third-order valence-corrected chi connectivity index (χ3v) is 10.5. The SMILES string of the molecule is CCCN(CCC)C(=O)c1cc(C(=O)NC(Cc2ccccc2)C(O)CN(C)NS(=O)(=O)C(C)C)cc(S(=O)(=O)N(C)C)c1. The van der Waals surface area contributed by atoms with Crippen molar-refractivity contribution < 1.29 is 31.5 Å². The first-order valence-corrected chi connectivity index (χ1v) is 17.6. The Morgan fingerprint density at radius 2 is 1.45 bits per heavy atom. The number of benzene rings is 2. The summed E-state index contributed by atoms with van der Waals surface area (Å²) >= 11 is 0. The molecule has 0 aromatic heterocycles. The predicted octanol–water partition coefficient (Wildman–Crippen LogP) is 2.08. The number of amides is 2. The molecule has 12 nitrogen and oxygen atoms in total. The Labute approximate surface area is 262 Å². The molecule has 0 aliphatic heterocycles. The molecule has 0 radical (unpaired) electrons. The summed E-state index contributed by atoms with van der Waals surface area (Å²) in [6.45, 7) is 7.70. The standard InChI is InChI=1S/C30H47N5O7S2/c1-8-15-35(16-9-2)30(38)25-18-24(19-26(20-25)44(41,42)33(5)6)29(37)31-27(17-23-13-11-10-12-14-23)28(36)21-34(7)32-43(39,40)22(3)4/h10-14,18-20,22,27-28,32,36H,8-9,15-17,21H2,1-7H3,(H,31,37). The fraction of sp³-hybridized carbons (Fsp3) is 0.533. The summed E-state index contributed by atoms with van der Waals surface area (Å²) in [5.74, 6) is -1.09. The molecule has 0 aliphatic carbocycles. The number of nitrogens with zero attached hydrogens (tertiary/aromatic N) is 3. The molecule has 0 spiro atoms. The lowest BCUT2D eigenvalue weighted by Gasteiger charge is -2.29. The van der Waals surface area contributed by atoms with Crippen molar-refractivity contribution in [3.05, 3.63) is 65.2 Å². The maximum absolute atomic E-state index is 13.7. The number of carbonyl (C=O) groups excluding carboxylic acids is 2. The fourth-order valence-electron chi connectivity index (χ4n) is 4.42. The summed E-state index contributed by atoms with van der Waals surface area (Å²) in [6.07, 6.45) is 0.366. The van der Waals surface area contributed by atoms with Crippen molar-refractivity contribution in [1.82, 2.24) is 24.4 Å². The molecule has 0 fully saturated rings. The van der Waals surface area contributed by atoms with Crippen LogP contribution in [0.25, 0.3) is 0 Å². The molecule has 2 amide bonds. The van der Waals surface area contributed by atoms with Crippen LogP contribution in [0.4, 0.5) is 0 Å². The number of carbonyl (C=O) groups is 2. The van der Waals surface area contributed by atoms with Crippen molar-refractivity contribution in [2.75, 3.05) is 40.8 Å². The molecule has 2 unspecified atom stereocenters. The molecule has 2 aromatic carbocycles. The third-order valence-electron chi connectivity index (χ3n) is 6.91. The Bertz CT molecular complexity index is 1460. The van der Waals surface area contributed by atoms with Gasteiger partial charge in [-0.05, 0) is 56.9 Å². The van der Waals surface area contributed by atoms with E-state index in [-0.39, 0.29) is 29.0 Å². The van der Waals surface area contributed by atoms with Crippen molar-refractivity contribution >= 4 is 31.9 Å². The molecular weight excluding hydrogens is 606 g/mol. The third kappa shape index (κ3) is 10.3. The monoisotopic (exact) mass is 653 g/mol. The van der Waals surface area contributed by atoms with Crippen LogP contribution in [0.1, 0.15) is 66.8 Å². The van der Waals surface area contributed by atoms with E-state index in [1.807, 2.05) is 44.2 Å². The highest BCUT2D eigenvalue weighted by Crippen LogP contribution is 2.21. The second-order valence-corrected chi connectivity index (χ2v) is 15.6. The number of sulfonamides is 2. The molecule has 0 bridgehead atoms. The topological polar surface area (TPSA) is 156 Å². The summed E-state index contributed by atoms with van der Waals surface area (Å²) in [4.78, 5) is 31.0. The van der Waals surface area contributed by atoms with Gasteiger partial charge in [0.25, 0.3) is 11.8 Å². The van der Waals surface area contributed by atoms with Gasteiger partial charge in [0.05, 0.1) is 22.3 Å². The van der Waals surface area contributed by atoms with Gasteiger partial charge in [-0.1, -0.05) is 44.2 Å². The Balaban J connectivity index is 2.51. The number of rotatable bonds is 17.